The zero-order valence-electron chi connectivity index (χ0n) is 7.04. The number of rotatable bonds is 2. The predicted octanol–water partition coefficient (Wildman–Crippen LogP) is 5.40. The van der Waals surface area contributed by atoms with Crippen LogP contribution in [0.3, 0.4) is 0 Å². The van der Waals surface area contributed by atoms with Crippen molar-refractivity contribution < 1.29 is 0 Å². The maximum Gasteiger partial charge on any atom is 0.100 e. The minimum absolute atomic E-state index is 0.840. The van der Waals surface area contributed by atoms with Crippen LogP contribution in [0, 0.1) is 0 Å². The Morgan fingerprint density at radius 2 is 2.00 bits per heavy atom. The molecule has 0 saturated carbocycles. The maximum absolute atomic E-state index is 5.98. The molecule has 4 heteroatoms. The Labute approximate surface area is 104 Å². The molecule has 0 amide bonds. The fraction of sp³-hybridized carbons (Fsp3) is 0. The lowest BCUT2D eigenvalue weighted by Gasteiger charge is -1.89. The molecule has 0 spiro atoms. The van der Waals surface area contributed by atoms with Crippen LogP contribution in [-0.4, -0.2) is 0 Å². The van der Waals surface area contributed by atoms with Crippen LogP contribution in [0.4, 0.5) is 0 Å². The van der Waals surface area contributed by atoms with E-state index in [9.17, 15) is 0 Å². The van der Waals surface area contributed by atoms with Gasteiger partial charge >= 0.3 is 0 Å². The third-order valence-corrected chi connectivity index (χ3v) is 4.68. The van der Waals surface area contributed by atoms with E-state index in [0.29, 0.717) is 0 Å². The van der Waals surface area contributed by atoms with Crippen LogP contribution in [0.1, 0.15) is 11.1 Å². The molecule has 0 bridgehead atoms. The quantitative estimate of drug-likeness (QED) is 0.697. The summed E-state index contributed by atoms with van der Waals surface area (Å²) in [5.41, 5.74) is 2.27. The summed E-state index contributed by atoms with van der Waals surface area (Å²) < 4.78 is 1.97. The molecular weight excluding hydrogens is 300 g/mol. The van der Waals surface area contributed by atoms with Crippen molar-refractivity contribution in [3.05, 3.63) is 42.1 Å². The molecule has 0 saturated heterocycles. The van der Waals surface area contributed by atoms with Gasteiger partial charge in [-0.2, -0.15) is 11.3 Å². The van der Waals surface area contributed by atoms with Crippen LogP contribution in [-0.2, 0) is 0 Å². The fourth-order valence-corrected chi connectivity index (χ4v) is 3.30. The lowest BCUT2D eigenvalue weighted by Crippen LogP contribution is -1.66. The summed E-state index contributed by atoms with van der Waals surface area (Å²) in [6, 6.07) is 2.02. The summed E-state index contributed by atoms with van der Waals surface area (Å²) in [5, 5.41) is 6.15. The highest BCUT2D eigenvalue weighted by molar-refractivity contribution is 9.10. The van der Waals surface area contributed by atoms with Crippen LogP contribution >= 0.6 is 50.2 Å². The lowest BCUT2D eigenvalue weighted by molar-refractivity contribution is 1.79. The van der Waals surface area contributed by atoms with Gasteiger partial charge in [0.1, 0.15) is 4.34 Å². The van der Waals surface area contributed by atoms with Gasteiger partial charge < -0.3 is 0 Å². The second kappa shape index (κ2) is 4.62. The largest absolute Gasteiger partial charge is 0.151 e. The smallest absolute Gasteiger partial charge is 0.100 e. The summed E-state index contributed by atoms with van der Waals surface area (Å²) in [7, 11) is 0. The van der Waals surface area contributed by atoms with Gasteiger partial charge in [-0.3, -0.25) is 0 Å². The SMILES string of the molecule is Clc1sccc1C=Cc1cscc1Br. The molecule has 72 valence electrons. The molecule has 0 atom stereocenters. The Bertz CT molecular complexity index is 414. The Hall–Kier alpha value is -0.0900. The van der Waals surface area contributed by atoms with Gasteiger partial charge in [-0.1, -0.05) is 23.8 Å². The van der Waals surface area contributed by atoms with E-state index in [1.54, 1.807) is 22.7 Å². The summed E-state index contributed by atoms with van der Waals surface area (Å²) in [4.78, 5) is 0. The normalized spacial score (nSPS) is 11.3. The third-order valence-electron chi connectivity index (χ3n) is 1.73. The molecular formula is C10H6BrClS2. The maximum atomic E-state index is 5.98. The van der Waals surface area contributed by atoms with E-state index in [2.05, 4.69) is 32.8 Å². The molecule has 2 aromatic heterocycles. The predicted molar refractivity (Wildman–Crippen MR) is 70.3 cm³/mol. The summed E-state index contributed by atoms with van der Waals surface area (Å²) >= 11 is 12.7. The highest BCUT2D eigenvalue weighted by atomic mass is 79.9. The second-order valence-electron chi connectivity index (χ2n) is 2.66. The summed E-state index contributed by atoms with van der Waals surface area (Å²) in [6.07, 6.45) is 4.10. The van der Waals surface area contributed by atoms with Gasteiger partial charge in [0, 0.05) is 15.4 Å². The number of halogens is 2. The Morgan fingerprint density at radius 3 is 2.57 bits per heavy atom. The van der Waals surface area contributed by atoms with Crippen molar-refractivity contribution in [3.8, 4) is 0 Å². The van der Waals surface area contributed by atoms with Gasteiger partial charge in [-0.25, -0.2) is 0 Å². The average Bonchev–Trinajstić information content (AvgIpc) is 2.72. The molecule has 0 N–H and O–H groups in total. The van der Waals surface area contributed by atoms with Crippen molar-refractivity contribution in [1.29, 1.82) is 0 Å². The second-order valence-corrected chi connectivity index (χ2v) is 5.77. The van der Waals surface area contributed by atoms with E-state index in [0.717, 1.165) is 14.4 Å². The molecule has 0 radical (unpaired) electrons. The first-order chi connectivity index (χ1) is 6.77. The van der Waals surface area contributed by atoms with E-state index in [4.69, 9.17) is 11.6 Å². The van der Waals surface area contributed by atoms with E-state index in [-0.39, 0.29) is 0 Å². The molecule has 2 rings (SSSR count). The molecule has 0 aliphatic carbocycles. The monoisotopic (exact) mass is 304 g/mol. The minimum Gasteiger partial charge on any atom is -0.151 e. The molecule has 0 aromatic carbocycles. The van der Waals surface area contributed by atoms with Crippen molar-refractivity contribution in [2.24, 2.45) is 0 Å². The topological polar surface area (TPSA) is 0 Å². The van der Waals surface area contributed by atoms with Crippen LogP contribution in [0.5, 0.6) is 0 Å². The summed E-state index contributed by atoms with van der Waals surface area (Å²) in [5.74, 6) is 0. The Morgan fingerprint density at radius 1 is 1.21 bits per heavy atom. The van der Waals surface area contributed by atoms with Crippen LogP contribution in [0.2, 0.25) is 4.34 Å². The first-order valence-corrected chi connectivity index (χ1v) is 6.89. The number of thiophene rings is 2. The molecule has 2 heterocycles. The average molecular weight is 306 g/mol. The molecule has 0 nitrogen and oxygen atoms in total. The van der Waals surface area contributed by atoms with Crippen molar-refractivity contribution in [2.75, 3.05) is 0 Å². The van der Waals surface area contributed by atoms with Gasteiger partial charge in [0.25, 0.3) is 0 Å². The van der Waals surface area contributed by atoms with Gasteiger partial charge in [0.05, 0.1) is 0 Å². The van der Waals surface area contributed by atoms with Crippen molar-refractivity contribution in [2.45, 2.75) is 0 Å². The number of hydrogen-bond donors (Lipinski definition) is 0. The van der Waals surface area contributed by atoms with Crippen molar-refractivity contribution in [3.63, 3.8) is 0 Å². The van der Waals surface area contributed by atoms with E-state index in [1.165, 1.54) is 5.56 Å². The van der Waals surface area contributed by atoms with Crippen LogP contribution in [0.25, 0.3) is 12.2 Å². The van der Waals surface area contributed by atoms with E-state index >= 15 is 0 Å². The standard InChI is InChI=1S/C10H6BrClS2/c11-9-6-13-5-8(9)2-1-7-3-4-14-10(7)12/h1-6H. The van der Waals surface area contributed by atoms with Gasteiger partial charge in [0.15, 0.2) is 0 Å². The van der Waals surface area contributed by atoms with Crippen LogP contribution in [0.15, 0.2) is 26.7 Å². The molecule has 0 unspecified atom stereocenters. The summed E-state index contributed by atoms with van der Waals surface area (Å²) in [6.45, 7) is 0. The molecule has 0 aliphatic rings. The molecule has 0 aliphatic heterocycles. The van der Waals surface area contributed by atoms with E-state index in [1.807, 2.05) is 17.5 Å². The molecule has 14 heavy (non-hydrogen) atoms. The molecule has 0 fully saturated rings. The highest BCUT2D eigenvalue weighted by Gasteiger charge is 1.98. The minimum atomic E-state index is 0.840. The first-order valence-electron chi connectivity index (χ1n) is 3.90. The van der Waals surface area contributed by atoms with Gasteiger partial charge in [0.2, 0.25) is 0 Å². The van der Waals surface area contributed by atoms with Gasteiger partial charge in [-0.05, 0) is 38.3 Å². The van der Waals surface area contributed by atoms with Crippen molar-refractivity contribution in [1.82, 2.24) is 0 Å². The fourth-order valence-electron chi connectivity index (χ4n) is 1.01. The Kier molecular flexibility index (Phi) is 3.44. The molecule has 2 aromatic rings. The lowest BCUT2D eigenvalue weighted by atomic mass is 10.2. The van der Waals surface area contributed by atoms with Crippen LogP contribution < -0.4 is 0 Å². The highest BCUT2D eigenvalue weighted by Crippen LogP contribution is 2.27. The Balaban J connectivity index is 2.23. The van der Waals surface area contributed by atoms with E-state index < -0.39 is 0 Å². The zero-order valence-corrected chi connectivity index (χ0v) is 11.0. The van der Waals surface area contributed by atoms with Crippen molar-refractivity contribution >= 4 is 62.4 Å². The first kappa shape index (κ1) is 10.4. The van der Waals surface area contributed by atoms with Gasteiger partial charge in [-0.15, -0.1) is 11.3 Å². The third kappa shape index (κ3) is 2.28. The number of hydrogen-bond acceptors (Lipinski definition) is 2. The zero-order chi connectivity index (χ0) is 9.97.